The number of ketones is 1. The van der Waals surface area contributed by atoms with Gasteiger partial charge in [-0.25, -0.2) is 0 Å². The maximum Gasteiger partial charge on any atom is 0.132 e. The monoisotopic (exact) mass is 225 g/mol. The molecule has 16 heavy (non-hydrogen) atoms. The predicted molar refractivity (Wildman–Crippen MR) is 68.7 cm³/mol. The Kier molecular flexibility index (Phi) is 8.41. The average Bonchev–Trinajstić information content (AvgIpc) is 2.29. The summed E-state index contributed by atoms with van der Waals surface area (Å²) >= 11 is 0. The third kappa shape index (κ3) is 7.86. The van der Waals surface area contributed by atoms with E-state index in [1.165, 1.54) is 38.5 Å². The fourth-order valence-electron chi connectivity index (χ4n) is 2.28. The van der Waals surface area contributed by atoms with E-state index < -0.39 is 0 Å². The van der Waals surface area contributed by atoms with Crippen LogP contribution in [0.4, 0.5) is 0 Å². The predicted octanol–water partition coefficient (Wildman–Crippen LogP) is 3.45. The second-order valence-corrected chi connectivity index (χ2v) is 4.97. The van der Waals surface area contributed by atoms with Crippen LogP contribution in [-0.2, 0) is 4.79 Å². The van der Waals surface area contributed by atoms with E-state index in [-0.39, 0.29) is 0 Å². The molecule has 0 aromatic rings. The van der Waals surface area contributed by atoms with Gasteiger partial charge in [0.05, 0.1) is 0 Å². The number of Topliss-reactive ketones (excluding diaryl/α,β-unsaturated/α-hetero) is 1. The lowest BCUT2D eigenvalue weighted by molar-refractivity contribution is -0.119. The van der Waals surface area contributed by atoms with E-state index in [2.05, 4.69) is 5.32 Å². The van der Waals surface area contributed by atoms with Crippen molar-refractivity contribution >= 4 is 5.78 Å². The van der Waals surface area contributed by atoms with Crippen LogP contribution in [0.25, 0.3) is 0 Å². The summed E-state index contributed by atoms with van der Waals surface area (Å²) in [5.74, 6) is 0.481. The number of rotatable bonds is 0. The van der Waals surface area contributed by atoms with Gasteiger partial charge in [0.25, 0.3) is 0 Å². The van der Waals surface area contributed by atoms with Gasteiger partial charge in [0.15, 0.2) is 0 Å². The number of carbonyl (C=O) groups excluding carboxylic acids is 1. The zero-order valence-corrected chi connectivity index (χ0v) is 10.6. The van der Waals surface area contributed by atoms with Crippen molar-refractivity contribution in [3.05, 3.63) is 0 Å². The molecule has 0 atom stereocenters. The molecule has 1 saturated heterocycles. The topological polar surface area (TPSA) is 29.1 Å². The van der Waals surface area contributed by atoms with Gasteiger partial charge in [-0.05, 0) is 38.8 Å². The summed E-state index contributed by atoms with van der Waals surface area (Å²) in [6.07, 6.45) is 13.0. The minimum absolute atomic E-state index is 0.481. The summed E-state index contributed by atoms with van der Waals surface area (Å²) < 4.78 is 0. The lowest BCUT2D eigenvalue weighted by Crippen LogP contribution is -2.16. The van der Waals surface area contributed by atoms with Crippen molar-refractivity contribution in [2.75, 3.05) is 13.1 Å². The highest BCUT2D eigenvalue weighted by Crippen LogP contribution is 2.10. The highest BCUT2D eigenvalue weighted by atomic mass is 16.1. The molecule has 0 unspecified atom stereocenters. The summed E-state index contributed by atoms with van der Waals surface area (Å²) in [6.45, 7) is 2.25. The standard InChI is InChI=1S/C14H27NO/c16-14-10-6-4-2-1-3-5-8-12-15-13-9-7-11-14/h15H,1-13H2. The second-order valence-electron chi connectivity index (χ2n) is 4.97. The summed E-state index contributed by atoms with van der Waals surface area (Å²) in [5, 5.41) is 3.46. The van der Waals surface area contributed by atoms with Crippen LogP contribution in [0.5, 0.6) is 0 Å². The molecule has 1 heterocycles. The number of hydrogen-bond acceptors (Lipinski definition) is 2. The maximum atomic E-state index is 11.5. The molecule has 0 amide bonds. The molecule has 0 aromatic heterocycles. The van der Waals surface area contributed by atoms with Crippen LogP contribution in [0.3, 0.4) is 0 Å². The van der Waals surface area contributed by atoms with Crippen molar-refractivity contribution < 1.29 is 4.79 Å². The quantitative estimate of drug-likeness (QED) is 0.684. The third-order valence-electron chi connectivity index (χ3n) is 3.37. The fraction of sp³-hybridized carbons (Fsp3) is 0.929. The Morgan fingerprint density at radius 3 is 1.75 bits per heavy atom. The highest BCUT2D eigenvalue weighted by molar-refractivity contribution is 5.78. The summed E-state index contributed by atoms with van der Waals surface area (Å²) in [4.78, 5) is 11.5. The maximum absolute atomic E-state index is 11.5. The second kappa shape index (κ2) is 9.83. The Hall–Kier alpha value is -0.370. The lowest BCUT2D eigenvalue weighted by atomic mass is 10.0. The zero-order valence-electron chi connectivity index (χ0n) is 10.6. The van der Waals surface area contributed by atoms with Crippen LogP contribution in [-0.4, -0.2) is 18.9 Å². The molecule has 1 fully saturated rings. The van der Waals surface area contributed by atoms with Gasteiger partial charge in [-0.15, -0.1) is 0 Å². The molecule has 1 aliphatic rings. The molecule has 0 aliphatic carbocycles. The first-order chi connectivity index (χ1) is 7.89. The Morgan fingerprint density at radius 1 is 0.625 bits per heavy atom. The van der Waals surface area contributed by atoms with Crippen LogP contribution in [0.1, 0.15) is 70.6 Å². The first-order valence-corrected chi connectivity index (χ1v) is 7.12. The SMILES string of the molecule is O=C1CCCCCCCCCNCCCC1. The molecule has 0 spiro atoms. The van der Waals surface area contributed by atoms with Crippen molar-refractivity contribution in [2.45, 2.75) is 70.6 Å². The van der Waals surface area contributed by atoms with Crippen LogP contribution < -0.4 is 5.32 Å². The van der Waals surface area contributed by atoms with Gasteiger partial charge in [0.2, 0.25) is 0 Å². The van der Waals surface area contributed by atoms with E-state index in [4.69, 9.17) is 0 Å². The molecule has 1 aliphatic heterocycles. The van der Waals surface area contributed by atoms with E-state index in [1.54, 1.807) is 0 Å². The van der Waals surface area contributed by atoms with Gasteiger partial charge in [0, 0.05) is 12.8 Å². The van der Waals surface area contributed by atoms with Crippen LogP contribution in [0.2, 0.25) is 0 Å². The van der Waals surface area contributed by atoms with Gasteiger partial charge in [-0.3, -0.25) is 4.79 Å². The number of nitrogens with one attached hydrogen (secondary N) is 1. The molecule has 2 nitrogen and oxygen atoms in total. The Labute approximate surface area is 100 Å². The van der Waals surface area contributed by atoms with Gasteiger partial charge < -0.3 is 5.32 Å². The highest BCUT2D eigenvalue weighted by Gasteiger charge is 2.02. The third-order valence-corrected chi connectivity index (χ3v) is 3.37. The Morgan fingerprint density at radius 2 is 1.06 bits per heavy atom. The van der Waals surface area contributed by atoms with Gasteiger partial charge in [0.1, 0.15) is 5.78 Å². The normalized spacial score (nSPS) is 23.4. The minimum Gasteiger partial charge on any atom is -0.317 e. The molecule has 0 saturated carbocycles. The fourth-order valence-corrected chi connectivity index (χ4v) is 2.28. The molecule has 94 valence electrons. The lowest BCUT2D eigenvalue weighted by Gasteiger charge is -2.03. The van der Waals surface area contributed by atoms with E-state index >= 15 is 0 Å². The molecule has 2 heteroatoms. The number of carbonyl (C=O) groups is 1. The molecule has 0 radical (unpaired) electrons. The Bertz CT molecular complexity index is 162. The first-order valence-electron chi connectivity index (χ1n) is 7.12. The summed E-state index contributed by atoms with van der Waals surface area (Å²) in [5.41, 5.74) is 0. The molecular formula is C14H27NO. The van der Waals surface area contributed by atoms with Crippen molar-refractivity contribution in [1.82, 2.24) is 5.32 Å². The van der Waals surface area contributed by atoms with E-state index in [0.717, 1.165) is 45.2 Å². The van der Waals surface area contributed by atoms with Crippen LogP contribution >= 0.6 is 0 Å². The Balaban J connectivity index is 2.13. The van der Waals surface area contributed by atoms with Gasteiger partial charge in [-0.1, -0.05) is 32.1 Å². The van der Waals surface area contributed by atoms with E-state index in [9.17, 15) is 4.79 Å². The molecule has 0 bridgehead atoms. The largest absolute Gasteiger partial charge is 0.317 e. The van der Waals surface area contributed by atoms with Crippen molar-refractivity contribution in [3.63, 3.8) is 0 Å². The molecular weight excluding hydrogens is 198 g/mol. The molecule has 0 aromatic carbocycles. The van der Waals surface area contributed by atoms with Crippen LogP contribution in [0, 0.1) is 0 Å². The summed E-state index contributed by atoms with van der Waals surface area (Å²) in [7, 11) is 0. The van der Waals surface area contributed by atoms with E-state index in [1.807, 2.05) is 0 Å². The summed E-state index contributed by atoms with van der Waals surface area (Å²) in [6, 6.07) is 0. The van der Waals surface area contributed by atoms with Crippen molar-refractivity contribution in [2.24, 2.45) is 0 Å². The van der Waals surface area contributed by atoms with Gasteiger partial charge >= 0.3 is 0 Å². The minimum atomic E-state index is 0.481. The smallest absolute Gasteiger partial charge is 0.132 e. The first kappa shape index (κ1) is 13.7. The molecule has 1 rings (SSSR count). The molecule has 1 N–H and O–H groups in total. The zero-order chi connectivity index (χ0) is 11.5. The average molecular weight is 225 g/mol. The van der Waals surface area contributed by atoms with Crippen LogP contribution in [0.15, 0.2) is 0 Å². The van der Waals surface area contributed by atoms with Crippen molar-refractivity contribution in [3.8, 4) is 0 Å². The number of hydrogen-bond donors (Lipinski definition) is 1. The van der Waals surface area contributed by atoms with Crippen molar-refractivity contribution in [1.29, 1.82) is 0 Å². The van der Waals surface area contributed by atoms with Gasteiger partial charge in [-0.2, -0.15) is 0 Å². The van der Waals surface area contributed by atoms with E-state index in [0.29, 0.717) is 5.78 Å².